The highest BCUT2D eigenvalue weighted by molar-refractivity contribution is 7.80. The minimum atomic E-state index is 0.159. The third kappa shape index (κ3) is 6.37. The Kier molecular flexibility index (Phi) is 7.41. The summed E-state index contributed by atoms with van der Waals surface area (Å²) in [5, 5.41) is 7.93. The molecule has 0 spiro atoms. The number of hydrogen-bond donors (Lipinski definition) is 2. The second-order valence-electron chi connectivity index (χ2n) is 6.03. The zero-order valence-electron chi connectivity index (χ0n) is 15.6. The van der Waals surface area contributed by atoms with Crippen molar-refractivity contribution in [2.75, 3.05) is 7.11 Å². The summed E-state index contributed by atoms with van der Waals surface area (Å²) < 4.78 is 10.8. The van der Waals surface area contributed by atoms with Crippen LogP contribution in [0.4, 0.5) is 0 Å². The van der Waals surface area contributed by atoms with Gasteiger partial charge < -0.3 is 14.8 Å². The number of thiocarbonyl (C=S) groups is 1. The van der Waals surface area contributed by atoms with Gasteiger partial charge in [-0.2, -0.15) is 5.10 Å². The van der Waals surface area contributed by atoms with E-state index in [-0.39, 0.29) is 6.10 Å². The summed E-state index contributed by atoms with van der Waals surface area (Å²) >= 11 is 5.26. The van der Waals surface area contributed by atoms with Crippen molar-refractivity contribution in [3.05, 3.63) is 59.7 Å². The van der Waals surface area contributed by atoms with Gasteiger partial charge in [-0.05, 0) is 80.5 Å². The molecule has 0 aliphatic carbocycles. The van der Waals surface area contributed by atoms with E-state index in [1.807, 2.05) is 69.3 Å². The number of methoxy groups -OCH3 is 1. The van der Waals surface area contributed by atoms with E-state index in [9.17, 15) is 0 Å². The molecule has 0 aliphatic rings. The van der Waals surface area contributed by atoms with Gasteiger partial charge in [0.25, 0.3) is 0 Å². The lowest BCUT2D eigenvalue weighted by atomic mass is 10.1. The fourth-order valence-electron chi connectivity index (χ4n) is 2.21. The molecule has 26 heavy (non-hydrogen) atoms. The van der Waals surface area contributed by atoms with E-state index in [4.69, 9.17) is 21.7 Å². The topological polar surface area (TPSA) is 54.9 Å². The first-order valence-corrected chi connectivity index (χ1v) is 8.87. The van der Waals surface area contributed by atoms with Crippen molar-refractivity contribution >= 4 is 23.0 Å². The van der Waals surface area contributed by atoms with Gasteiger partial charge in [-0.1, -0.05) is 12.1 Å². The van der Waals surface area contributed by atoms with Crippen molar-refractivity contribution in [2.24, 2.45) is 5.10 Å². The van der Waals surface area contributed by atoms with Crippen LogP contribution in [0, 0.1) is 0 Å². The van der Waals surface area contributed by atoms with Crippen LogP contribution in [0.5, 0.6) is 11.5 Å². The van der Waals surface area contributed by atoms with Crippen LogP contribution in [0.1, 0.15) is 31.9 Å². The predicted octanol–water partition coefficient (Wildman–Crippen LogP) is 3.87. The summed E-state index contributed by atoms with van der Waals surface area (Å²) in [5.74, 6) is 1.68. The lowest BCUT2D eigenvalue weighted by Gasteiger charge is -2.11. The van der Waals surface area contributed by atoms with Gasteiger partial charge in [0.05, 0.1) is 18.9 Å². The minimum absolute atomic E-state index is 0.159. The maximum Gasteiger partial charge on any atom is 0.187 e. The van der Waals surface area contributed by atoms with Crippen LogP contribution >= 0.6 is 12.2 Å². The average Bonchev–Trinajstić information content (AvgIpc) is 2.65. The lowest BCUT2D eigenvalue weighted by Crippen LogP contribution is -2.32. The molecule has 0 aliphatic heterocycles. The molecule has 2 aromatic rings. The molecule has 5 nitrogen and oxygen atoms in total. The van der Waals surface area contributed by atoms with Crippen molar-refractivity contribution in [3.8, 4) is 11.5 Å². The van der Waals surface area contributed by atoms with Crippen molar-refractivity contribution in [3.63, 3.8) is 0 Å². The molecule has 0 atom stereocenters. The molecule has 0 unspecified atom stereocenters. The lowest BCUT2D eigenvalue weighted by molar-refractivity contribution is 0.242. The average molecular weight is 372 g/mol. The number of hydrogen-bond acceptors (Lipinski definition) is 4. The zero-order chi connectivity index (χ0) is 18.9. The standard InChI is InChI=1S/C20H25N3O2S/c1-14(2)25-19-11-7-17(8-12-19)15(3)22-23-20(26)21-13-16-5-9-18(24-4)10-6-16/h5-12,14H,13H2,1-4H3,(H2,21,23,26)/b22-15-. The van der Waals surface area contributed by atoms with Crippen LogP contribution in [0.15, 0.2) is 53.6 Å². The number of ether oxygens (including phenoxy) is 2. The molecule has 0 amide bonds. The number of hydrazone groups is 1. The Labute approximate surface area is 160 Å². The highest BCUT2D eigenvalue weighted by Gasteiger charge is 2.02. The van der Waals surface area contributed by atoms with Crippen molar-refractivity contribution in [1.82, 2.24) is 10.7 Å². The van der Waals surface area contributed by atoms with Crippen LogP contribution in [-0.4, -0.2) is 24.0 Å². The first kappa shape index (κ1) is 19.7. The van der Waals surface area contributed by atoms with E-state index in [0.717, 1.165) is 28.3 Å². The molecule has 0 radical (unpaired) electrons. The van der Waals surface area contributed by atoms with Crippen molar-refractivity contribution in [1.29, 1.82) is 0 Å². The Balaban J connectivity index is 1.84. The smallest absolute Gasteiger partial charge is 0.187 e. The molecule has 0 saturated carbocycles. The van der Waals surface area contributed by atoms with Crippen molar-refractivity contribution < 1.29 is 9.47 Å². The number of benzene rings is 2. The Hall–Kier alpha value is -2.60. The van der Waals surface area contributed by atoms with E-state index < -0.39 is 0 Å². The van der Waals surface area contributed by atoms with Gasteiger partial charge in [0.2, 0.25) is 0 Å². The number of nitrogens with zero attached hydrogens (tertiary/aromatic N) is 1. The largest absolute Gasteiger partial charge is 0.497 e. The number of rotatable bonds is 7. The summed E-state index contributed by atoms with van der Waals surface area (Å²) in [5.41, 5.74) is 5.83. The predicted molar refractivity (Wildman–Crippen MR) is 110 cm³/mol. The molecule has 0 bridgehead atoms. The van der Waals surface area contributed by atoms with E-state index in [1.54, 1.807) is 7.11 Å². The van der Waals surface area contributed by atoms with Gasteiger partial charge >= 0.3 is 0 Å². The summed E-state index contributed by atoms with van der Waals surface area (Å²) in [7, 11) is 1.65. The van der Waals surface area contributed by atoms with Gasteiger partial charge in [0, 0.05) is 6.54 Å². The third-order valence-electron chi connectivity index (χ3n) is 3.58. The van der Waals surface area contributed by atoms with Crippen LogP contribution in [0.25, 0.3) is 0 Å². The molecule has 2 N–H and O–H groups in total. The van der Waals surface area contributed by atoms with E-state index in [2.05, 4.69) is 15.8 Å². The Morgan fingerprint density at radius 3 is 2.23 bits per heavy atom. The van der Waals surface area contributed by atoms with E-state index in [0.29, 0.717) is 11.7 Å². The van der Waals surface area contributed by atoms with Crippen LogP contribution in [0.2, 0.25) is 0 Å². The molecule has 6 heteroatoms. The second-order valence-corrected chi connectivity index (χ2v) is 6.44. The molecule has 0 saturated heterocycles. The van der Waals surface area contributed by atoms with Crippen LogP contribution in [-0.2, 0) is 6.54 Å². The van der Waals surface area contributed by atoms with Gasteiger partial charge in [-0.3, -0.25) is 5.43 Å². The van der Waals surface area contributed by atoms with Gasteiger partial charge in [0.15, 0.2) is 5.11 Å². The second kappa shape index (κ2) is 9.77. The fourth-order valence-corrected chi connectivity index (χ4v) is 2.33. The SMILES string of the molecule is COc1ccc(CNC(=S)N/N=C(/C)c2ccc(OC(C)C)cc2)cc1. The highest BCUT2D eigenvalue weighted by atomic mass is 32.1. The quantitative estimate of drug-likeness (QED) is 0.440. The monoisotopic (exact) mass is 371 g/mol. The first-order chi connectivity index (χ1) is 12.5. The molecule has 2 rings (SSSR count). The van der Waals surface area contributed by atoms with E-state index in [1.165, 1.54) is 0 Å². The minimum Gasteiger partial charge on any atom is -0.497 e. The Morgan fingerprint density at radius 2 is 1.65 bits per heavy atom. The summed E-state index contributed by atoms with van der Waals surface area (Å²) in [6.45, 7) is 6.55. The fraction of sp³-hybridized carbons (Fsp3) is 0.300. The molecular formula is C20H25N3O2S. The Morgan fingerprint density at radius 1 is 1.04 bits per heavy atom. The maximum absolute atomic E-state index is 5.64. The normalized spacial score (nSPS) is 11.2. The summed E-state index contributed by atoms with van der Waals surface area (Å²) in [6.07, 6.45) is 0.159. The number of nitrogens with one attached hydrogen (secondary N) is 2. The summed E-state index contributed by atoms with van der Waals surface area (Å²) in [4.78, 5) is 0. The molecule has 138 valence electrons. The molecule has 0 heterocycles. The summed E-state index contributed by atoms with van der Waals surface area (Å²) in [6, 6.07) is 15.7. The Bertz CT molecular complexity index is 741. The van der Waals surface area contributed by atoms with Crippen LogP contribution < -0.4 is 20.2 Å². The van der Waals surface area contributed by atoms with Gasteiger partial charge in [-0.15, -0.1) is 0 Å². The third-order valence-corrected chi connectivity index (χ3v) is 3.82. The van der Waals surface area contributed by atoms with Gasteiger partial charge in [0.1, 0.15) is 11.5 Å². The van der Waals surface area contributed by atoms with Crippen molar-refractivity contribution in [2.45, 2.75) is 33.4 Å². The first-order valence-electron chi connectivity index (χ1n) is 8.46. The van der Waals surface area contributed by atoms with Crippen LogP contribution in [0.3, 0.4) is 0 Å². The maximum atomic E-state index is 5.64. The zero-order valence-corrected chi connectivity index (χ0v) is 16.4. The molecule has 0 fully saturated rings. The molecule has 2 aromatic carbocycles. The molecular weight excluding hydrogens is 346 g/mol. The molecule has 0 aromatic heterocycles. The highest BCUT2D eigenvalue weighted by Crippen LogP contribution is 2.14. The van der Waals surface area contributed by atoms with E-state index >= 15 is 0 Å². The van der Waals surface area contributed by atoms with Gasteiger partial charge in [-0.25, -0.2) is 0 Å².